The quantitative estimate of drug-likeness (QED) is 0.626. The average Bonchev–Trinajstić information content (AvgIpc) is 2.77. The van der Waals surface area contributed by atoms with Gasteiger partial charge >= 0.3 is 0 Å². The Balaban J connectivity index is 1.38. The molecule has 2 aromatic rings. The van der Waals surface area contributed by atoms with Gasteiger partial charge < -0.3 is 19.3 Å². The van der Waals surface area contributed by atoms with Gasteiger partial charge in [0.15, 0.2) is 6.61 Å². The number of amides is 2. The smallest absolute Gasteiger partial charge is 0.260 e. The first-order valence-corrected chi connectivity index (χ1v) is 10.6. The fourth-order valence-electron chi connectivity index (χ4n) is 2.88. The van der Waals surface area contributed by atoms with E-state index in [4.69, 9.17) is 21.1 Å². The summed E-state index contributed by atoms with van der Waals surface area (Å²) in [4.78, 5) is 29.3. The molecule has 3 rings (SSSR count). The number of piperazine rings is 1. The van der Waals surface area contributed by atoms with Gasteiger partial charge in [-0.25, -0.2) is 0 Å². The third kappa shape index (κ3) is 6.30. The van der Waals surface area contributed by atoms with E-state index < -0.39 is 0 Å². The van der Waals surface area contributed by atoms with Crippen LogP contribution < -0.4 is 9.47 Å². The van der Waals surface area contributed by atoms with Crippen LogP contribution in [0, 0.1) is 0 Å². The molecule has 1 aliphatic heterocycles. The van der Waals surface area contributed by atoms with Crippen LogP contribution in [0.4, 0.5) is 0 Å². The monoisotopic (exact) mass is 434 g/mol. The van der Waals surface area contributed by atoms with E-state index in [1.165, 1.54) is 11.8 Å². The highest BCUT2D eigenvalue weighted by molar-refractivity contribution is 8.00. The van der Waals surface area contributed by atoms with E-state index in [2.05, 4.69) is 0 Å². The van der Waals surface area contributed by atoms with Crippen molar-refractivity contribution < 1.29 is 19.1 Å². The average molecular weight is 435 g/mol. The maximum absolute atomic E-state index is 12.5. The maximum Gasteiger partial charge on any atom is 0.260 e. The van der Waals surface area contributed by atoms with Crippen molar-refractivity contribution in [3.63, 3.8) is 0 Å². The molecule has 1 aliphatic rings. The van der Waals surface area contributed by atoms with Gasteiger partial charge in [0.05, 0.1) is 12.9 Å². The van der Waals surface area contributed by atoms with Crippen LogP contribution in [0.5, 0.6) is 11.5 Å². The molecule has 0 bridgehead atoms. The van der Waals surface area contributed by atoms with E-state index in [1.807, 2.05) is 24.3 Å². The zero-order chi connectivity index (χ0) is 20.6. The molecular weight excluding hydrogens is 412 g/mol. The summed E-state index contributed by atoms with van der Waals surface area (Å²) in [7, 11) is 1.62. The Morgan fingerprint density at radius 1 is 0.897 bits per heavy atom. The van der Waals surface area contributed by atoms with Gasteiger partial charge in [-0.2, -0.15) is 0 Å². The fourth-order valence-corrected chi connectivity index (χ4v) is 3.81. The molecule has 2 aromatic carbocycles. The number of benzene rings is 2. The van der Waals surface area contributed by atoms with Crippen LogP contribution in [0.3, 0.4) is 0 Å². The number of rotatable bonds is 7. The van der Waals surface area contributed by atoms with E-state index in [9.17, 15) is 9.59 Å². The van der Waals surface area contributed by atoms with Gasteiger partial charge in [-0.3, -0.25) is 9.59 Å². The molecule has 29 heavy (non-hydrogen) atoms. The minimum absolute atomic E-state index is 0.0249. The molecule has 6 nitrogen and oxygen atoms in total. The predicted octanol–water partition coefficient (Wildman–Crippen LogP) is 3.19. The van der Waals surface area contributed by atoms with Crippen LogP contribution in [-0.2, 0) is 9.59 Å². The summed E-state index contributed by atoms with van der Waals surface area (Å²) in [5.74, 6) is 1.77. The molecular formula is C21H23ClN2O4S. The number of nitrogens with zero attached hydrogens (tertiary/aromatic N) is 2. The lowest BCUT2D eigenvalue weighted by Crippen LogP contribution is -2.52. The maximum atomic E-state index is 12.5. The molecule has 1 fully saturated rings. The van der Waals surface area contributed by atoms with E-state index in [1.54, 1.807) is 41.2 Å². The van der Waals surface area contributed by atoms with Crippen LogP contribution in [-0.4, -0.2) is 67.3 Å². The summed E-state index contributed by atoms with van der Waals surface area (Å²) >= 11 is 7.33. The van der Waals surface area contributed by atoms with Gasteiger partial charge in [0.2, 0.25) is 5.91 Å². The second kappa shape index (κ2) is 10.4. The Bertz CT molecular complexity index is 822. The Kier molecular flexibility index (Phi) is 7.66. The fraction of sp³-hybridized carbons (Fsp3) is 0.333. The minimum atomic E-state index is -0.0837. The Hall–Kier alpha value is -2.38. The zero-order valence-electron chi connectivity index (χ0n) is 16.2. The van der Waals surface area contributed by atoms with E-state index in [-0.39, 0.29) is 18.4 Å². The van der Waals surface area contributed by atoms with Crippen molar-refractivity contribution in [2.45, 2.75) is 4.90 Å². The highest BCUT2D eigenvalue weighted by Crippen LogP contribution is 2.22. The van der Waals surface area contributed by atoms with E-state index in [0.717, 1.165) is 10.6 Å². The third-order valence-electron chi connectivity index (χ3n) is 4.58. The van der Waals surface area contributed by atoms with Crippen molar-refractivity contribution >= 4 is 35.2 Å². The van der Waals surface area contributed by atoms with Crippen LogP contribution in [0.25, 0.3) is 0 Å². The Labute approximate surface area is 179 Å². The number of methoxy groups -OCH3 is 1. The standard InChI is InChI=1S/C21H23ClN2O4S/c1-27-17-6-8-19(9-7-17)29-15-21(26)24-12-10-23(11-13-24)20(25)14-28-18-4-2-16(22)3-5-18/h2-9H,10-15H2,1H3. The first kappa shape index (κ1) is 21.3. The molecule has 0 spiro atoms. The largest absolute Gasteiger partial charge is 0.497 e. The molecule has 0 atom stereocenters. The van der Waals surface area contributed by atoms with E-state index >= 15 is 0 Å². The summed E-state index contributed by atoms with van der Waals surface area (Å²) < 4.78 is 10.6. The zero-order valence-corrected chi connectivity index (χ0v) is 17.7. The summed E-state index contributed by atoms with van der Waals surface area (Å²) in [6.45, 7) is 2.08. The molecule has 0 aliphatic carbocycles. The lowest BCUT2D eigenvalue weighted by atomic mass is 10.3. The van der Waals surface area contributed by atoms with Gasteiger partial charge in [0, 0.05) is 36.1 Å². The lowest BCUT2D eigenvalue weighted by molar-refractivity contribution is -0.139. The summed E-state index contributed by atoms with van der Waals surface area (Å²) in [5.41, 5.74) is 0. The van der Waals surface area contributed by atoms with Gasteiger partial charge in [-0.15, -0.1) is 11.8 Å². The molecule has 154 valence electrons. The summed E-state index contributed by atoms with van der Waals surface area (Å²) in [5, 5.41) is 0.620. The van der Waals surface area contributed by atoms with Gasteiger partial charge in [0.1, 0.15) is 11.5 Å². The molecule has 2 amide bonds. The van der Waals surface area contributed by atoms with Gasteiger partial charge in [-0.1, -0.05) is 11.6 Å². The topological polar surface area (TPSA) is 59.1 Å². The second-order valence-corrected chi connectivity index (χ2v) is 7.95. The molecule has 0 unspecified atom stereocenters. The Morgan fingerprint density at radius 2 is 1.45 bits per heavy atom. The number of thioether (sulfide) groups is 1. The van der Waals surface area contributed by atoms with Crippen LogP contribution >= 0.6 is 23.4 Å². The molecule has 0 aromatic heterocycles. The van der Waals surface area contributed by atoms with Crippen LogP contribution in [0.1, 0.15) is 0 Å². The van der Waals surface area contributed by atoms with Gasteiger partial charge in [-0.05, 0) is 48.5 Å². The molecule has 0 radical (unpaired) electrons. The number of carbonyl (C=O) groups excluding carboxylic acids is 2. The van der Waals surface area contributed by atoms with Crippen molar-refractivity contribution in [3.05, 3.63) is 53.6 Å². The van der Waals surface area contributed by atoms with Gasteiger partial charge in [0.25, 0.3) is 5.91 Å². The molecule has 1 heterocycles. The van der Waals surface area contributed by atoms with Crippen molar-refractivity contribution in [3.8, 4) is 11.5 Å². The highest BCUT2D eigenvalue weighted by Gasteiger charge is 2.24. The SMILES string of the molecule is COc1ccc(SCC(=O)N2CCN(C(=O)COc3ccc(Cl)cc3)CC2)cc1. The van der Waals surface area contributed by atoms with Crippen molar-refractivity contribution in [1.82, 2.24) is 9.80 Å². The summed E-state index contributed by atoms with van der Waals surface area (Å²) in [6.07, 6.45) is 0. The van der Waals surface area contributed by atoms with E-state index in [0.29, 0.717) is 42.7 Å². The van der Waals surface area contributed by atoms with Crippen molar-refractivity contribution in [2.24, 2.45) is 0 Å². The first-order chi connectivity index (χ1) is 14.0. The molecule has 0 saturated carbocycles. The number of carbonyl (C=O) groups is 2. The lowest BCUT2D eigenvalue weighted by Gasteiger charge is -2.34. The Morgan fingerprint density at radius 3 is 2.03 bits per heavy atom. The molecule has 1 saturated heterocycles. The minimum Gasteiger partial charge on any atom is -0.497 e. The third-order valence-corrected chi connectivity index (χ3v) is 5.83. The molecule has 8 heteroatoms. The first-order valence-electron chi connectivity index (χ1n) is 9.26. The number of hydrogen-bond donors (Lipinski definition) is 0. The van der Waals surface area contributed by atoms with Crippen molar-refractivity contribution in [1.29, 1.82) is 0 Å². The molecule has 0 N–H and O–H groups in total. The normalized spacial score (nSPS) is 13.9. The van der Waals surface area contributed by atoms with Crippen LogP contribution in [0.2, 0.25) is 5.02 Å². The number of hydrogen-bond acceptors (Lipinski definition) is 5. The number of ether oxygens (including phenoxy) is 2. The van der Waals surface area contributed by atoms with Crippen LogP contribution in [0.15, 0.2) is 53.4 Å². The van der Waals surface area contributed by atoms with Crippen molar-refractivity contribution in [2.75, 3.05) is 45.6 Å². The predicted molar refractivity (Wildman–Crippen MR) is 114 cm³/mol. The number of halogens is 1. The second-order valence-electron chi connectivity index (χ2n) is 6.47. The summed E-state index contributed by atoms with van der Waals surface area (Å²) in [6, 6.07) is 14.5. The highest BCUT2D eigenvalue weighted by atomic mass is 35.5.